The Balaban J connectivity index is 0.000000362. The minimum atomic E-state index is -0.225. The average Bonchev–Trinajstić information content (AvgIpc) is 2.89. The maximum Gasteiger partial charge on any atom is 0.305 e. The van der Waals surface area contributed by atoms with Crippen LogP contribution >= 0.6 is 0 Å². The average molecular weight is 500 g/mol. The van der Waals surface area contributed by atoms with E-state index in [4.69, 9.17) is 35.2 Å². The second kappa shape index (κ2) is 18.1. The molecule has 0 unspecified atom stereocenters. The van der Waals surface area contributed by atoms with E-state index in [1.54, 1.807) is 62.4 Å². The molecule has 0 aromatic heterocycles. The molecule has 0 saturated carbocycles. The van der Waals surface area contributed by atoms with Crippen LogP contribution in [-0.2, 0) is 19.1 Å². The molecule has 0 atom stereocenters. The van der Waals surface area contributed by atoms with Crippen molar-refractivity contribution in [3.8, 4) is 17.6 Å². The van der Waals surface area contributed by atoms with Crippen LogP contribution in [0.3, 0.4) is 0 Å². The van der Waals surface area contributed by atoms with Gasteiger partial charge in [0.25, 0.3) is 0 Å². The minimum Gasteiger partial charge on any atom is -0.494 e. The molecule has 0 fully saturated rings. The Kier molecular flexibility index (Phi) is 15.0. The minimum absolute atomic E-state index is 0.0250. The highest BCUT2D eigenvalue weighted by Gasteiger charge is 2.04. The summed E-state index contributed by atoms with van der Waals surface area (Å²) >= 11 is 0. The normalized spacial score (nSPS) is 10.3. The first-order chi connectivity index (χ1) is 17.4. The number of carbonyl (C=O) groups excluding carboxylic acids is 2. The van der Waals surface area contributed by atoms with Gasteiger partial charge in [-0.25, -0.2) is 0 Å². The van der Waals surface area contributed by atoms with Crippen molar-refractivity contribution in [2.24, 2.45) is 10.9 Å². The van der Waals surface area contributed by atoms with Crippen molar-refractivity contribution < 1.29 is 33.7 Å². The zero-order chi connectivity index (χ0) is 26.6. The van der Waals surface area contributed by atoms with Gasteiger partial charge in [-0.05, 0) is 57.0 Å². The Hall–Kier alpha value is -4.26. The van der Waals surface area contributed by atoms with Crippen LogP contribution in [0.15, 0.2) is 53.7 Å². The molecule has 0 saturated heterocycles. The topological polar surface area (TPSA) is 153 Å². The molecule has 0 heterocycles. The molecule has 2 aromatic carbocycles. The molecule has 2 rings (SSSR count). The number of rotatable bonds is 13. The van der Waals surface area contributed by atoms with Gasteiger partial charge in [0.2, 0.25) is 0 Å². The van der Waals surface area contributed by atoms with Crippen molar-refractivity contribution in [3.63, 3.8) is 0 Å². The summed E-state index contributed by atoms with van der Waals surface area (Å²) in [5.41, 5.74) is 6.61. The fourth-order valence-corrected chi connectivity index (χ4v) is 2.74. The van der Waals surface area contributed by atoms with E-state index < -0.39 is 0 Å². The Morgan fingerprint density at radius 2 is 1.44 bits per heavy atom. The molecular weight excluding hydrogens is 466 g/mol. The van der Waals surface area contributed by atoms with Crippen LogP contribution in [0.4, 0.5) is 0 Å². The maximum atomic E-state index is 11.1. The number of carbonyl (C=O) groups is 2. The molecule has 194 valence electrons. The van der Waals surface area contributed by atoms with Crippen LogP contribution < -0.4 is 15.2 Å². The van der Waals surface area contributed by atoms with Crippen LogP contribution in [0, 0.1) is 11.3 Å². The SMILES string of the molecule is CCOC(=O)CCCOc1cccc(C#N)c1.CCOC(=O)CCCOc1cccc(C(N)=NO)c1. The van der Waals surface area contributed by atoms with E-state index in [0.717, 1.165) is 0 Å². The summed E-state index contributed by atoms with van der Waals surface area (Å²) < 4.78 is 20.5. The van der Waals surface area contributed by atoms with Gasteiger partial charge in [0, 0.05) is 18.4 Å². The number of oxime groups is 1. The molecule has 0 amide bonds. The number of nitrogens with zero attached hydrogens (tertiary/aromatic N) is 2. The predicted octanol–water partition coefficient (Wildman–Crippen LogP) is 3.78. The summed E-state index contributed by atoms with van der Waals surface area (Å²) in [6.07, 6.45) is 1.86. The fraction of sp³-hybridized carbons (Fsp3) is 0.385. The molecule has 0 aliphatic heterocycles. The molecule has 3 N–H and O–H groups in total. The van der Waals surface area contributed by atoms with E-state index in [0.29, 0.717) is 74.7 Å². The van der Waals surface area contributed by atoms with Crippen LogP contribution in [0.5, 0.6) is 11.5 Å². The van der Waals surface area contributed by atoms with E-state index in [1.165, 1.54) is 0 Å². The monoisotopic (exact) mass is 499 g/mol. The maximum absolute atomic E-state index is 11.1. The molecule has 0 aliphatic carbocycles. The Morgan fingerprint density at radius 3 is 1.94 bits per heavy atom. The highest BCUT2D eigenvalue weighted by Crippen LogP contribution is 2.14. The first kappa shape index (κ1) is 29.8. The molecule has 2 aromatic rings. The summed E-state index contributed by atoms with van der Waals surface area (Å²) in [6, 6.07) is 15.9. The molecule has 10 nitrogen and oxygen atoms in total. The number of hydrogen-bond donors (Lipinski definition) is 2. The van der Waals surface area contributed by atoms with Crippen molar-refractivity contribution in [3.05, 3.63) is 59.7 Å². The Bertz CT molecular complexity index is 1020. The zero-order valence-electron chi connectivity index (χ0n) is 20.6. The smallest absolute Gasteiger partial charge is 0.305 e. The van der Waals surface area contributed by atoms with Crippen molar-refractivity contribution in [1.82, 2.24) is 0 Å². The quantitative estimate of drug-likeness (QED) is 0.105. The van der Waals surface area contributed by atoms with Crippen molar-refractivity contribution in [2.75, 3.05) is 26.4 Å². The third-order valence-electron chi connectivity index (χ3n) is 4.40. The van der Waals surface area contributed by atoms with Gasteiger partial charge in [0.15, 0.2) is 5.84 Å². The van der Waals surface area contributed by atoms with E-state index in [1.807, 2.05) is 6.07 Å². The van der Waals surface area contributed by atoms with Gasteiger partial charge < -0.3 is 29.9 Å². The summed E-state index contributed by atoms with van der Waals surface area (Å²) in [7, 11) is 0. The number of ether oxygens (including phenoxy) is 4. The fourth-order valence-electron chi connectivity index (χ4n) is 2.74. The lowest BCUT2D eigenvalue weighted by atomic mass is 10.2. The summed E-state index contributed by atoms with van der Waals surface area (Å²) in [5, 5.41) is 20.2. The van der Waals surface area contributed by atoms with Crippen LogP contribution in [-0.4, -0.2) is 49.4 Å². The first-order valence-corrected chi connectivity index (χ1v) is 11.6. The van der Waals surface area contributed by atoms with Gasteiger partial charge in [0.05, 0.1) is 38.1 Å². The molecule has 0 bridgehead atoms. The molecule has 36 heavy (non-hydrogen) atoms. The lowest BCUT2D eigenvalue weighted by molar-refractivity contribution is -0.144. The largest absolute Gasteiger partial charge is 0.494 e. The van der Waals surface area contributed by atoms with Gasteiger partial charge in [-0.2, -0.15) is 5.26 Å². The second-order valence-corrected chi connectivity index (χ2v) is 7.17. The number of hydrogen-bond acceptors (Lipinski definition) is 9. The van der Waals surface area contributed by atoms with Crippen molar-refractivity contribution in [1.29, 1.82) is 5.26 Å². The van der Waals surface area contributed by atoms with Crippen LogP contribution in [0.1, 0.15) is 50.7 Å². The molecule has 0 radical (unpaired) electrons. The predicted molar refractivity (Wildman–Crippen MR) is 133 cm³/mol. The number of amidine groups is 1. The van der Waals surface area contributed by atoms with Gasteiger partial charge in [-0.15, -0.1) is 0 Å². The Morgan fingerprint density at radius 1 is 0.917 bits per heavy atom. The van der Waals surface area contributed by atoms with Crippen molar-refractivity contribution in [2.45, 2.75) is 39.5 Å². The highest BCUT2D eigenvalue weighted by molar-refractivity contribution is 5.97. The van der Waals surface area contributed by atoms with Gasteiger partial charge in [0.1, 0.15) is 11.5 Å². The number of esters is 2. The number of benzene rings is 2. The first-order valence-electron chi connectivity index (χ1n) is 11.6. The van der Waals surface area contributed by atoms with Gasteiger partial charge >= 0.3 is 11.9 Å². The van der Waals surface area contributed by atoms with E-state index in [-0.39, 0.29) is 17.8 Å². The van der Waals surface area contributed by atoms with Gasteiger partial charge in [-0.1, -0.05) is 23.4 Å². The van der Waals surface area contributed by atoms with Crippen LogP contribution in [0.2, 0.25) is 0 Å². The van der Waals surface area contributed by atoms with E-state index >= 15 is 0 Å². The van der Waals surface area contributed by atoms with Crippen molar-refractivity contribution >= 4 is 17.8 Å². The zero-order valence-corrected chi connectivity index (χ0v) is 20.6. The molecule has 10 heteroatoms. The Labute approximate surface area is 211 Å². The number of nitrogens with two attached hydrogens (primary N) is 1. The third-order valence-corrected chi connectivity index (χ3v) is 4.40. The van der Waals surface area contributed by atoms with E-state index in [2.05, 4.69) is 5.16 Å². The summed E-state index contributed by atoms with van der Waals surface area (Å²) in [6.45, 7) is 5.19. The molecule has 0 aliphatic rings. The van der Waals surface area contributed by atoms with Crippen LogP contribution in [0.25, 0.3) is 0 Å². The number of nitriles is 1. The summed E-state index contributed by atoms with van der Waals surface area (Å²) in [5.74, 6) is 0.844. The van der Waals surface area contributed by atoms with E-state index in [9.17, 15) is 9.59 Å². The molecule has 0 spiro atoms. The van der Waals surface area contributed by atoms with Gasteiger partial charge in [-0.3, -0.25) is 9.59 Å². The standard InChI is InChI=1S/C13H18N2O4.C13H15NO3/c1-2-18-12(16)7-4-8-19-11-6-3-5-10(9-11)13(14)15-17;1-2-16-13(15)7-4-8-17-12-6-3-5-11(9-12)10-14/h3,5-6,9,17H,2,4,7-8H2,1H3,(H2,14,15);3,5-6,9H,2,4,7-8H2,1H3. The summed E-state index contributed by atoms with van der Waals surface area (Å²) in [4.78, 5) is 22.1. The lowest BCUT2D eigenvalue weighted by Gasteiger charge is -2.07. The third kappa shape index (κ3) is 12.8. The molecular formula is C26H33N3O7. The highest BCUT2D eigenvalue weighted by atomic mass is 16.5. The lowest BCUT2D eigenvalue weighted by Crippen LogP contribution is -2.13. The second-order valence-electron chi connectivity index (χ2n) is 7.17.